The van der Waals surface area contributed by atoms with Crippen LogP contribution in [0.5, 0.6) is 0 Å². The van der Waals surface area contributed by atoms with Crippen LogP contribution >= 0.6 is 0 Å². The first-order chi connectivity index (χ1) is 10.8. The van der Waals surface area contributed by atoms with Gasteiger partial charge in [-0.1, -0.05) is 84.3 Å². The highest BCUT2D eigenvalue weighted by Gasteiger charge is 2.06. The number of hydrogen-bond acceptors (Lipinski definition) is 1. The van der Waals surface area contributed by atoms with Crippen LogP contribution in [-0.2, 0) is 4.79 Å². The molecule has 0 fully saturated rings. The molecule has 0 aromatic heterocycles. The third-order valence-electron chi connectivity index (χ3n) is 4.77. The molecule has 1 N–H and O–H groups in total. The average molecular weight is 325 g/mol. The van der Waals surface area contributed by atoms with E-state index >= 15 is 0 Å². The van der Waals surface area contributed by atoms with Crippen molar-refractivity contribution in [2.75, 3.05) is 0 Å². The maximum atomic E-state index is 10.5. The summed E-state index contributed by atoms with van der Waals surface area (Å²) in [6, 6.07) is 0. The van der Waals surface area contributed by atoms with E-state index in [2.05, 4.69) is 27.7 Å². The van der Waals surface area contributed by atoms with E-state index in [1.807, 2.05) is 13.0 Å². The Balaban J connectivity index is 3.61. The number of aliphatic carboxylic acids is 1. The van der Waals surface area contributed by atoms with Crippen molar-refractivity contribution in [3.05, 3.63) is 11.6 Å². The van der Waals surface area contributed by atoms with Crippen molar-refractivity contribution >= 4 is 5.97 Å². The van der Waals surface area contributed by atoms with Gasteiger partial charge in [0.05, 0.1) is 6.42 Å². The zero-order valence-electron chi connectivity index (χ0n) is 16.2. The van der Waals surface area contributed by atoms with Crippen molar-refractivity contribution in [1.82, 2.24) is 0 Å². The van der Waals surface area contributed by atoms with Gasteiger partial charge in [0.15, 0.2) is 0 Å². The van der Waals surface area contributed by atoms with Gasteiger partial charge in [0, 0.05) is 0 Å². The molecule has 0 saturated heterocycles. The number of carbonyl (C=O) groups is 1. The van der Waals surface area contributed by atoms with E-state index in [1.165, 1.54) is 56.9 Å². The second kappa shape index (κ2) is 13.6. The highest BCUT2D eigenvalue weighted by molar-refractivity contribution is 5.68. The summed E-state index contributed by atoms with van der Waals surface area (Å²) in [4.78, 5) is 10.5. The Morgan fingerprint density at radius 2 is 1.35 bits per heavy atom. The van der Waals surface area contributed by atoms with Gasteiger partial charge in [0.1, 0.15) is 0 Å². The van der Waals surface area contributed by atoms with E-state index in [9.17, 15) is 4.79 Å². The summed E-state index contributed by atoms with van der Waals surface area (Å²) in [6.07, 6.45) is 13.7. The van der Waals surface area contributed by atoms with Crippen molar-refractivity contribution in [3.63, 3.8) is 0 Å². The molecule has 0 aromatic rings. The molecule has 2 heteroatoms. The van der Waals surface area contributed by atoms with Gasteiger partial charge in [-0.05, 0) is 37.5 Å². The van der Waals surface area contributed by atoms with Crippen LogP contribution in [0.4, 0.5) is 0 Å². The quantitative estimate of drug-likeness (QED) is 0.355. The van der Waals surface area contributed by atoms with Gasteiger partial charge in [-0.2, -0.15) is 0 Å². The standard InChI is InChI=1S/C21H40O2/c1-17(2)9-6-10-18(3)11-7-12-19(4)13-8-14-20(5)15-16-21(22)23/h15,17-19H,6-14,16H2,1-5H3,(H,22,23). The second-order valence-corrected chi connectivity index (χ2v) is 8.01. The molecule has 0 radical (unpaired) electrons. The molecule has 136 valence electrons. The van der Waals surface area contributed by atoms with Crippen molar-refractivity contribution in [2.45, 2.75) is 98.8 Å². The molecule has 0 aliphatic rings. The molecule has 2 nitrogen and oxygen atoms in total. The van der Waals surface area contributed by atoms with Crippen molar-refractivity contribution in [2.24, 2.45) is 17.8 Å². The number of allylic oxidation sites excluding steroid dienone is 1. The van der Waals surface area contributed by atoms with Gasteiger partial charge in [-0.15, -0.1) is 0 Å². The summed E-state index contributed by atoms with van der Waals surface area (Å²) >= 11 is 0. The Hall–Kier alpha value is -0.790. The molecular weight excluding hydrogens is 284 g/mol. The second-order valence-electron chi connectivity index (χ2n) is 8.01. The minimum absolute atomic E-state index is 0.163. The summed E-state index contributed by atoms with van der Waals surface area (Å²) in [5.74, 6) is 1.78. The lowest BCUT2D eigenvalue weighted by Gasteiger charge is -2.15. The molecule has 2 atom stereocenters. The first-order valence-corrected chi connectivity index (χ1v) is 9.68. The van der Waals surface area contributed by atoms with E-state index in [0.29, 0.717) is 0 Å². The lowest BCUT2D eigenvalue weighted by atomic mass is 9.91. The lowest BCUT2D eigenvalue weighted by molar-refractivity contribution is -0.136. The Labute approximate surface area is 144 Å². The lowest BCUT2D eigenvalue weighted by Crippen LogP contribution is -2.00. The fourth-order valence-electron chi connectivity index (χ4n) is 3.07. The molecule has 0 bridgehead atoms. The maximum Gasteiger partial charge on any atom is 0.307 e. The molecule has 2 unspecified atom stereocenters. The fraction of sp³-hybridized carbons (Fsp3) is 0.857. The van der Waals surface area contributed by atoms with Crippen molar-refractivity contribution < 1.29 is 9.90 Å². The molecular formula is C21H40O2. The van der Waals surface area contributed by atoms with Gasteiger partial charge in [-0.3, -0.25) is 4.79 Å². The molecule has 0 aromatic carbocycles. The normalized spacial score (nSPS) is 15.0. The molecule has 0 saturated carbocycles. The van der Waals surface area contributed by atoms with Crippen LogP contribution in [0.25, 0.3) is 0 Å². The zero-order chi connectivity index (χ0) is 17.7. The molecule has 0 spiro atoms. The highest BCUT2D eigenvalue weighted by atomic mass is 16.4. The smallest absolute Gasteiger partial charge is 0.307 e. The number of carboxylic acids is 1. The molecule has 0 aliphatic carbocycles. The first kappa shape index (κ1) is 22.2. The van der Waals surface area contributed by atoms with E-state index < -0.39 is 5.97 Å². The number of carboxylic acid groups (broad SMARTS) is 1. The third-order valence-corrected chi connectivity index (χ3v) is 4.77. The van der Waals surface area contributed by atoms with Gasteiger partial charge < -0.3 is 5.11 Å². The van der Waals surface area contributed by atoms with E-state index in [0.717, 1.165) is 24.2 Å². The van der Waals surface area contributed by atoms with Crippen LogP contribution in [0, 0.1) is 17.8 Å². The van der Waals surface area contributed by atoms with E-state index in [1.54, 1.807) is 0 Å². The van der Waals surface area contributed by atoms with E-state index in [4.69, 9.17) is 5.11 Å². The summed E-state index contributed by atoms with van der Waals surface area (Å²) in [5.41, 5.74) is 1.22. The topological polar surface area (TPSA) is 37.3 Å². The van der Waals surface area contributed by atoms with Crippen LogP contribution in [-0.4, -0.2) is 11.1 Å². The number of rotatable bonds is 14. The summed E-state index contributed by atoms with van der Waals surface area (Å²) in [5, 5.41) is 8.65. The zero-order valence-corrected chi connectivity index (χ0v) is 16.2. The van der Waals surface area contributed by atoms with Crippen LogP contribution in [0.2, 0.25) is 0 Å². The molecule has 0 amide bonds. The molecule has 0 aliphatic heterocycles. The monoisotopic (exact) mass is 324 g/mol. The van der Waals surface area contributed by atoms with Crippen LogP contribution < -0.4 is 0 Å². The maximum absolute atomic E-state index is 10.5. The Kier molecular flexibility index (Phi) is 13.2. The highest BCUT2D eigenvalue weighted by Crippen LogP contribution is 2.22. The van der Waals surface area contributed by atoms with Gasteiger partial charge in [0.2, 0.25) is 0 Å². The average Bonchev–Trinajstić information content (AvgIpc) is 2.44. The predicted molar refractivity (Wildman–Crippen MR) is 101 cm³/mol. The fourth-order valence-corrected chi connectivity index (χ4v) is 3.07. The van der Waals surface area contributed by atoms with Crippen LogP contribution in [0.1, 0.15) is 98.8 Å². The van der Waals surface area contributed by atoms with E-state index in [-0.39, 0.29) is 6.42 Å². The summed E-state index contributed by atoms with van der Waals surface area (Å²) in [7, 11) is 0. The van der Waals surface area contributed by atoms with Gasteiger partial charge >= 0.3 is 5.97 Å². The largest absolute Gasteiger partial charge is 0.481 e. The SMILES string of the molecule is CC(=CCC(=O)O)CCCC(C)CCCC(C)CCCC(C)C. The molecule has 0 heterocycles. The Morgan fingerprint density at radius 1 is 0.870 bits per heavy atom. The summed E-state index contributed by atoms with van der Waals surface area (Å²) in [6.45, 7) is 11.4. The molecule has 23 heavy (non-hydrogen) atoms. The minimum Gasteiger partial charge on any atom is -0.481 e. The summed E-state index contributed by atoms with van der Waals surface area (Å²) < 4.78 is 0. The minimum atomic E-state index is -0.736. The first-order valence-electron chi connectivity index (χ1n) is 9.68. The van der Waals surface area contributed by atoms with Crippen molar-refractivity contribution in [3.8, 4) is 0 Å². The van der Waals surface area contributed by atoms with Gasteiger partial charge in [-0.25, -0.2) is 0 Å². The molecule has 0 rings (SSSR count). The van der Waals surface area contributed by atoms with Crippen molar-refractivity contribution in [1.29, 1.82) is 0 Å². The Morgan fingerprint density at radius 3 is 1.83 bits per heavy atom. The van der Waals surface area contributed by atoms with Crippen LogP contribution in [0.3, 0.4) is 0 Å². The third kappa shape index (κ3) is 15.9. The number of hydrogen-bond donors (Lipinski definition) is 1. The van der Waals surface area contributed by atoms with Crippen LogP contribution in [0.15, 0.2) is 11.6 Å². The predicted octanol–water partition coefficient (Wildman–Crippen LogP) is 6.85. The van der Waals surface area contributed by atoms with Gasteiger partial charge in [0.25, 0.3) is 0 Å². The Bertz CT molecular complexity index is 331.